The molecule has 0 spiro atoms. The van der Waals surface area contributed by atoms with Gasteiger partial charge in [0.05, 0.1) is 34.3 Å². The molecule has 0 radical (unpaired) electrons. The molecule has 0 amide bonds. The molecule has 0 unspecified atom stereocenters. The predicted molar refractivity (Wildman–Crippen MR) is 123 cm³/mol. The van der Waals surface area contributed by atoms with Gasteiger partial charge in [-0.15, -0.1) is 5.10 Å². The van der Waals surface area contributed by atoms with Gasteiger partial charge in [0, 0.05) is 31.7 Å². The minimum absolute atomic E-state index is 0.0435. The molecule has 2 aromatic heterocycles. The molecule has 1 aromatic carbocycles. The Balaban J connectivity index is 1.60. The molecule has 9 heteroatoms. The van der Waals surface area contributed by atoms with Gasteiger partial charge in [-0.1, -0.05) is 19.9 Å². The van der Waals surface area contributed by atoms with Crippen molar-refractivity contribution in [2.24, 2.45) is 11.3 Å². The number of benzene rings is 1. The Morgan fingerprint density at radius 3 is 2.54 bits per heavy atom. The molecule has 1 fully saturated rings. The van der Waals surface area contributed by atoms with E-state index in [-0.39, 0.29) is 53.7 Å². The molecule has 2 aliphatic rings. The van der Waals surface area contributed by atoms with Gasteiger partial charge >= 0.3 is 0 Å². The van der Waals surface area contributed by atoms with Gasteiger partial charge in [0.25, 0.3) is 0 Å². The number of carbonyl (C=O) groups is 1. The summed E-state index contributed by atoms with van der Waals surface area (Å²) in [6.45, 7) is 3.61. The number of aromatic nitrogens is 4. The van der Waals surface area contributed by atoms with Crippen molar-refractivity contribution in [1.29, 1.82) is 0 Å². The van der Waals surface area contributed by atoms with E-state index in [0.717, 1.165) is 18.4 Å². The van der Waals surface area contributed by atoms with Crippen molar-refractivity contribution in [2.75, 3.05) is 13.2 Å². The molecule has 3 aromatic rings. The Morgan fingerprint density at radius 2 is 1.86 bits per heavy atom. The molecular weight excluding hydrogens is 454 g/mol. The summed E-state index contributed by atoms with van der Waals surface area (Å²) in [5, 5.41) is 27.4. The maximum atomic E-state index is 14.4. The highest BCUT2D eigenvalue weighted by atomic mass is 19.1. The number of rotatable bonds is 7. The minimum atomic E-state index is -0.697. The Kier molecular flexibility index (Phi) is 5.72. The summed E-state index contributed by atoms with van der Waals surface area (Å²) in [5.74, 6) is -2.20. The third-order valence-corrected chi connectivity index (χ3v) is 7.95. The Hall–Kier alpha value is -3.17. The Bertz CT molecular complexity index is 1290. The second-order valence-corrected chi connectivity index (χ2v) is 10.00. The van der Waals surface area contributed by atoms with Crippen molar-refractivity contribution < 1.29 is 23.8 Å². The third kappa shape index (κ3) is 3.40. The third-order valence-electron chi connectivity index (χ3n) is 7.95. The van der Waals surface area contributed by atoms with Crippen molar-refractivity contribution >= 4 is 5.78 Å². The van der Waals surface area contributed by atoms with Crippen molar-refractivity contribution in [1.82, 2.24) is 20.2 Å². The number of fused-ring (bicyclic) bond motifs is 5. The number of hydrogen-bond acceptors (Lipinski definition) is 7. The fraction of sp³-hybridized carbons (Fsp3) is 0.423. The van der Waals surface area contributed by atoms with E-state index in [1.807, 2.05) is 0 Å². The van der Waals surface area contributed by atoms with Gasteiger partial charge in [0.15, 0.2) is 5.78 Å². The number of aliphatic hydroxyl groups excluding tert-OH is 2. The van der Waals surface area contributed by atoms with Crippen LogP contribution in [0, 0.1) is 23.0 Å². The summed E-state index contributed by atoms with van der Waals surface area (Å²) in [7, 11) is 0. The zero-order valence-corrected chi connectivity index (χ0v) is 19.5. The van der Waals surface area contributed by atoms with Crippen molar-refractivity contribution in [3.05, 3.63) is 70.9 Å². The van der Waals surface area contributed by atoms with Gasteiger partial charge in [0.2, 0.25) is 0 Å². The molecule has 35 heavy (non-hydrogen) atoms. The smallest absolute Gasteiger partial charge is 0.183 e. The van der Waals surface area contributed by atoms with Crippen LogP contribution in [-0.2, 0) is 5.41 Å². The molecule has 1 saturated carbocycles. The molecule has 2 aliphatic carbocycles. The standard InChI is InChI=1S/C26H26F2N4O3/c1-25(2)16-6-7-26(25,22-11-29-10-20(30-22)21(35)8-14(12-33)13-34)24-15(16)9-19(31-32-24)23-17(27)4-3-5-18(23)28/h3-5,9-11,14,16,33-34H,6-8,12-13H2,1-2H3/t16-,26-/m0/s1. The average Bonchev–Trinajstić information content (AvgIpc) is 3.23. The first kappa shape index (κ1) is 23.6. The maximum absolute atomic E-state index is 14.4. The maximum Gasteiger partial charge on any atom is 0.183 e. The van der Waals surface area contributed by atoms with Crippen LogP contribution in [0.5, 0.6) is 0 Å². The van der Waals surface area contributed by atoms with Crippen LogP contribution in [0.15, 0.2) is 36.7 Å². The minimum Gasteiger partial charge on any atom is -0.396 e. The average molecular weight is 481 g/mol. The molecule has 182 valence electrons. The summed E-state index contributed by atoms with van der Waals surface area (Å²) in [6.07, 6.45) is 4.53. The quantitative estimate of drug-likeness (QED) is 0.498. The first-order chi connectivity index (χ1) is 16.7. The first-order valence-electron chi connectivity index (χ1n) is 11.6. The van der Waals surface area contributed by atoms with Gasteiger partial charge in [-0.2, -0.15) is 5.10 Å². The largest absolute Gasteiger partial charge is 0.396 e. The zero-order chi connectivity index (χ0) is 25.0. The summed E-state index contributed by atoms with van der Waals surface area (Å²) in [5.41, 5.74) is 1.26. The van der Waals surface area contributed by atoms with Crippen molar-refractivity contribution in [3.63, 3.8) is 0 Å². The van der Waals surface area contributed by atoms with E-state index in [4.69, 9.17) is 0 Å². The normalized spacial score (nSPS) is 22.0. The number of carbonyl (C=O) groups excluding carboxylic acids is 1. The van der Waals surface area contributed by atoms with Gasteiger partial charge in [-0.3, -0.25) is 9.78 Å². The Labute approximate surface area is 201 Å². The molecule has 2 N–H and O–H groups in total. The van der Waals surface area contributed by atoms with Gasteiger partial charge in [-0.25, -0.2) is 13.8 Å². The van der Waals surface area contributed by atoms with E-state index in [9.17, 15) is 23.8 Å². The number of halogens is 2. The lowest BCUT2D eigenvalue weighted by Crippen LogP contribution is -2.38. The number of ketones is 1. The molecule has 5 rings (SSSR count). The van der Waals surface area contributed by atoms with E-state index in [1.54, 1.807) is 12.3 Å². The summed E-state index contributed by atoms with van der Waals surface area (Å²) >= 11 is 0. The molecule has 0 saturated heterocycles. The van der Waals surface area contributed by atoms with E-state index in [2.05, 4.69) is 34.0 Å². The second kappa shape index (κ2) is 8.49. The van der Waals surface area contributed by atoms with Crippen molar-refractivity contribution in [2.45, 2.75) is 44.4 Å². The lowest BCUT2D eigenvalue weighted by atomic mass is 9.66. The highest BCUT2D eigenvalue weighted by molar-refractivity contribution is 5.94. The van der Waals surface area contributed by atoms with Crippen molar-refractivity contribution in [3.8, 4) is 11.3 Å². The molecular formula is C26H26F2N4O3. The van der Waals surface area contributed by atoms with Gasteiger partial charge in [0.1, 0.15) is 17.3 Å². The van der Waals surface area contributed by atoms with Crippen LogP contribution in [-0.4, -0.2) is 49.4 Å². The SMILES string of the molecule is CC1(C)[C@H]2CC[C@]1(c1cncc(C(=O)CC(CO)CO)n1)c1nnc(-c3c(F)cccc3F)cc12. The number of Topliss-reactive ketones (excluding diaryl/α,β-unsaturated/α-hetero) is 1. The van der Waals surface area contributed by atoms with Crippen LogP contribution in [0.2, 0.25) is 0 Å². The van der Waals surface area contributed by atoms with E-state index in [0.29, 0.717) is 11.4 Å². The topological polar surface area (TPSA) is 109 Å². The summed E-state index contributed by atoms with van der Waals surface area (Å²) in [6, 6.07) is 5.43. The van der Waals surface area contributed by atoms with Crippen LogP contribution < -0.4 is 0 Å². The van der Waals surface area contributed by atoms with Crippen LogP contribution >= 0.6 is 0 Å². The number of nitrogens with zero attached hydrogens (tertiary/aromatic N) is 4. The summed E-state index contributed by atoms with van der Waals surface area (Å²) in [4.78, 5) is 21.8. The molecule has 2 heterocycles. The predicted octanol–water partition coefficient (Wildman–Crippen LogP) is 3.59. The highest BCUT2D eigenvalue weighted by Gasteiger charge is 2.65. The van der Waals surface area contributed by atoms with E-state index >= 15 is 0 Å². The lowest BCUT2D eigenvalue weighted by molar-refractivity contribution is 0.0873. The molecule has 2 atom stereocenters. The summed E-state index contributed by atoms with van der Waals surface area (Å²) < 4.78 is 28.9. The number of aliphatic hydroxyl groups is 2. The monoisotopic (exact) mass is 480 g/mol. The first-order valence-corrected chi connectivity index (χ1v) is 11.6. The van der Waals surface area contributed by atoms with Crippen LogP contribution in [0.25, 0.3) is 11.3 Å². The van der Waals surface area contributed by atoms with Crippen LogP contribution in [0.3, 0.4) is 0 Å². The molecule has 7 nitrogen and oxygen atoms in total. The fourth-order valence-electron chi connectivity index (χ4n) is 6.02. The molecule has 2 bridgehead atoms. The van der Waals surface area contributed by atoms with Crippen LogP contribution in [0.4, 0.5) is 8.78 Å². The second-order valence-electron chi connectivity index (χ2n) is 10.00. The van der Waals surface area contributed by atoms with E-state index in [1.165, 1.54) is 24.4 Å². The zero-order valence-electron chi connectivity index (χ0n) is 19.5. The fourth-order valence-corrected chi connectivity index (χ4v) is 6.02. The van der Waals surface area contributed by atoms with Crippen LogP contribution in [0.1, 0.15) is 66.5 Å². The van der Waals surface area contributed by atoms with E-state index < -0.39 is 23.0 Å². The van der Waals surface area contributed by atoms with Gasteiger partial charge in [-0.05, 0) is 47.9 Å². The number of hydrogen-bond donors (Lipinski definition) is 2. The highest BCUT2D eigenvalue weighted by Crippen LogP contribution is 2.69. The Morgan fingerprint density at radius 1 is 1.14 bits per heavy atom. The lowest BCUT2D eigenvalue weighted by Gasteiger charge is -2.37. The molecule has 0 aliphatic heterocycles. The van der Waals surface area contributed by atoms with Gasteiger partial charge < -0.3 is 10.2 Å².